The number of amides is 2. The topological polar surface area (TPSA) is 79.3 Å². The normalized spacial score (nSPS) is 20.1. The van der Waals surface area contributed by atoms with Crippen LogP contribution in [0.25, 0.3) is 0 Å². The second kappa shape index (κ2) is 11.2. The second-order valence-electron chi connectivity index (χ2n) is 9.99. The molecule has 2 amide bonds. The molecule has 2 aromatic carbocycles. The highest BCUT2D eigenvalue weighted by atomic mass is 19.1. The zero-order chi connectivity index (χ0) is 25.8. The van der Waals surface area contributed by atoms with Gasteiger partial charge in [0, 0.05) is 33.1 Å². The highest BCUT2D eigenvalue weighted by molar-refractivity contribution is 5.99. The number of hydrogen-bond donors (Lipinski definition) is 1. The van der Waals surface area contributed by atoms with Crippen molar-refractivity contribution in [2.24, 2.45) is 11.8 Å². The van der Waals surface area contributed by atoms with Crippen molar-refractivity contribution in [1.82, 2.24) is 9.80 Å². The van der Waals surface area contributed by atoms with Gasteiger partial charge in [-0.3, -0.25) is 9.59 Å². The van der Waals surface area contributed by atoms with Crippen LogP contribution in [0.1, 0.15) is 55.5 Å². The Hall–Kier alpha value is -3.29. The van der Waals surface area contributed by atoms with Crippen molar-refractivity contribution in [3.05, 3.63) is 53.3 Å². The van der Waals surface area contributed by atoms with E-state index in [0.717, 1.165) is 31.4 Å². The van der Waals surface area contributed by atoms with Gasteiger partial charge in [-0.2, -0.15) is 0 Å². The fourth-order valence-electron chi connectivity index (χ4n) is 5.11. The summed E-state index contributed by atoms with van der Waals surface area (Å²) < 4.78 is 26.3. The summed E-state index contributed by atoms with van der Waals surface area (Å²) in [6.07, 6.45) is 4.02. The third-order valence-corrected chi connectivity index (χ3v) is 7.46. The average molecular weight is 499 g/mol. The molecule has 2 aromatic rings. The summed E-state index contributed by atoms with van der Waals surface area (Å²) in [4.78, 5) is 27.3. The van der Waals surface area contributed by atoms with Gasteiger partial charge in [-0.15, -0.1) is 0 Å². The molecule has 0 radical (unpaired) electrons. The summed E-state index contributed by atoms with van der Waals surface area (Å²) in [6.45, 7) is 5.56. The minimum atomic E-state index is -0.812. The highest BCUT2D eigenvalue weighted by Gasteiger charge is 2.34. The number of halogens is 1. The minimum absolute atomic E-state index is 0.00513. The van der Waals surface area contributed by atoms with E-state index in [9.17, 15) is 19.1 Å². The Balaban J connectivity index is 1.23. The van der Waals surface area contributed by atoms with E-state index in [2.05, 4.69) is 6.92 Å². The lowest BCUT2D eigenvalue weighted by Crippen LogP contribution is -2.34. The molecule has 194 valence electrons. The first kappa shape index (κ1) is 25.8. The van der Waals surface area contributed by atoms with Gasteiger partial charge in [-0.05, 0) is 68.2 Å². The number of likely N-dealkylation sites (N-methyl/N-ethyl adjacent to an activating group) is 1. The third-order valence-electron chi connectivity index (χ3n) is 7.46. The van der Waals surface area contributed by atoms with E-state index in [1.807, 2.05) is 24.3 Å². The first-order valence-electron chi connectivity index (χ1n) is 12.6. The van der Waals surface area contributed by atoms with Crippen molar-refractivity contribution in [3.63, 3.8) is 0 Å². The summed E-state index contributed by atoms with van der Waals surface area (Å²) in [5.41, 5.74) is 0.658. The van der Waals surface area contributed by atoms with E-state index < -0.39 is 11.6 Å². The third kappa shape index (κ3) is 5.91. The molecule has 1 N–H and O–H groups in total. The first-order chi connectivity index (χ1) is 17.2. The molecule has 8 heteroatoms. The fourth-order valence-corrected chi connectivity index (χ4v) is 5.11. The largest absolute Gasteiger partial charge is 0.505 e. The molecular formula is C28H35FN2O5. The Bertz CT molecular complexity index is 1100. The van der Waals surface area contributed by atoms with E-state index in [4.69, 9.17) is 9.47 Å². The average Bonchev–Trinajstić information content (AvgIpc) is 3.17. The van der Waals surface area contributed by atoms with Crippen LogP contribution in [0.2, 0.25) is 0 Å². The van der Waals surface area contributed by atoms with Gasteiger partial charge in [-0.25, -0.2) is 4.39 Å². The molecule has 1 saturated carbocycles. The zero-order valence-electron chi connectivity index (χ0n) is 21.2. The summed E-state index contributed by atoms with van der Waals surface area (Å²) in [5.74, 6) is 0.639. The van der Waals surface area contributed by atoms with Crippen LogP contribution < -0.4 is 9.47 Å². The van der Waals surface area contributed by atoms with Crippen LogP contribution in [0, 0.1) is 17.7 Å². The van der Waals surface area contributed by atoms with Crippen LogP contribution in [0.3, 0.4) is 0 Å². The fraction of sp³-hybridized carbons (Fsp3) is 0.500. The summed E-state index contributed by atoms with van der Waals surface area (Å²) in [6, 6.07) is 10.5. The van der Waals surface area contributed by atoms with Gasteiger partial charge in [-0.1, -0.05) is 12.1 Å². The number of carbonyl (C=O) groups is 2. The number of nitrogens with zero attached hydrogens (tertiary/aromatic N) is 2. The van der Waals surface area contributed by atoms with Crippen LogP contribution in [0.4, 0.5) is 4.39 Å². The monoisotopic (exact) mass is 498 g/mol. The minimum Gasteiger partial charge on any atom is -0.505 e. The van der Waals surface area contributed by atoms with E-state index >= 15 is 0 Å². The highest BCUT2D eigenvalue weighted by Crippen LogP contribution is 2.36. The molecule has 7 nitrogen and oxygen atoms in total. The van der Waals surface area contributed by atoms with Crippen LogP contribution in [0.5, 0.6) is 17.2 Å². The lowest BCUT2D eigenvalue weighted by molar-refractivity contribution is -0.127. The quantitative estimate of drug-likeness (QED) is 0.546. The van der Waals surface area contributed by atoms with Gasteiger partial charge < -0.3 is 24.4 Å². The standard InChI is InChI=1S/C28H35FN2O5/c1-18(36-24-6-4-5-23(15-24)35-14-13-30(3)19(2)32)21-9-7-20(8-10-21)16-31-17-22-11-12-25(33)27(29)26(22)28(31)34/h4-6,11-12,15,18,20-21,33H,7-10,13-14,16-17H2,1-3H3. The molecule has 36 heavy (non-hydrogen) atoms. The summed E-state index contributed by atoms with van der Waals surface area (Å²) >= 11 is 0. The maximum atomic E-state index is 14.2. The van der Waals surface area contributed by atoms with Crippen molar-refractivity contribution < 1.29 is 28.6 Å². The van der Waals surface area contributed by atoms with E-state index in [0.29, 0.717) is 49.4 Å². The predicted molar refractivity (Wildman–Crippen MR) is 134 cm³/mol. The molecule has 1 unspecified atom stereocenters. The van der Waals surface area contributed by atoms with Gasteiger partial charge in [0.1, 0.15) is 18.1 Å². The van der Waals surface area contributed by atoms with Crippen molar-refractivity contribution in [2.45, 2.75) is 52.2 Å². The zero-order valence-corrected chi connectivity index (χ0v) is 21.2. The molecule has 2 aliphatic rings. The molecule has 1 heterocycles. The number of carbonyl (C=O) groups excluding carboxylic acids is 2. The van der Waals surface area contributed by atoms with E-state index in [1.165, 1.54) is 13.0 Å². The number of hydrogen-bond acceptors (Lipinski definition) is 5. The Morgan fingerprint density at radius 1 is 1.19 bits per heavy atom. The Kier molecular flexibility index (Phi) is 8.01. The van der Waals surface area contributed by atoms with Gasteiger partial charge in [0.05, 0.1) is 18.2 Å². The van der Waals surface area contributed by atoms with Crippen molar-refractivity contribution in [1.29, 1.82) is 0 Å². The van der Waals surface area contributed by atoms with Crippen molar-refractivity contribution in [3.8, 4) is 17.2 Å². The second-order valence-corrected chi connectivity index (χ2v) is 9.99. The van der Waals surface area contributed by atoms with Gasteiger partial charge >= 0.3 is 0 Å². The number of rotatable bonds is 9. The van der Waals surface area contributed by atoms with Gasteiger partial charge in [0.25, 0.3) is 5.91 Å². The van der Waals surface area contributed by atoms with Crippen LogP contribution in [-0.4, -0.2) is 59.6 Å². The Morgan fingerprint density at radius 3 is 2.64 bits per heavy atom. The van der Waals surface area contributed by atoms with E-state index in [-0.39, 0.29) is 23.5 Å². The molecular weight excluding hydrogens is 463 g/mol. The van der Waals surface area contributed by atoms with Gasteiger partial charge in [0.15, 0.2) is 11.6 Å². The number of aromatic hydroxyl groups is 1. The number of benzene rings is 2. The molecule has 0 bridgehead atoms. The number of ether oxygens (including phenoxy) is 2. The molecule has 1 aliphatic carbocycles. The first-order valence-corrected chi connectivity index (χ1v) is 12.6. The lowest BCUT2D eigenvalue weighted by Gasteiger charge is -2.34. The van der Waals surface area contributed by atoms with Crippen LogP contribution >= 0.6 is 0 Å². The molecule has 0 spiro atoms. The maximum Gasteiger partial charge on any atom is 0.257 e. The Labute approximate surface area is 211 Å². The van der Waals surface area contributed by atoms with Gasteiger partial charge in [0.2, 0.25) is 5.91 Å². The summed E-state index contributed by atoms with van der Waals surface area (Å²) in [5, 5.41) is 9.61. The van der Waals surface area contributed by atoms with Crippen LogP contribution in [-0.2, 0) is 11.3 Å². The van der Waals surface area contributed by atoms with Crippen LogP contribution in [0.15, 0.2) is 36.4 Å². The maximum absolute atomic E-state index is 14.2. The van der Waals surface area contributed by atoms with E-state index in [1.54, 1.807) is 22.9 Å². The number of phenolic OH excluding ortho intramolecular Hbond substituents is 1. The SMILES string of the molecule is CC(=O)N(C)CCOc1cccc(OC(C)C2CCC(CN3Cc4ccc(O)c(F)c4C3=O)CC2)c1. The van der Waals surface area contributed by atoms with Crippen molar-refractivity contribution >= 4 is 11.8 Å². The molecule has 0 aromatic heterocycles. The molecule has 4 rings (SSSR count). The molecule has 0 saturated heterocycles. The van der Waals surface area contributed by atoms with Crippen molar-refractivity contribution in [2.75, 3.05) is 26.7 Å². The lowest BCUT2D eigenvalue weighted by atomic mass is 9.79. The number of phenols is 1. The molecule has 1 aliphatic heterocycles. The summed E-state index contributed by atoms with van der Waals surface area (Å²) in [7, 11) is 1.75. The smallest absolute Gasteiger partial charge is 0.257 e. The Morgan fingerprint density at radius 2 is 1.92 bits per heavy atom. The molecule has 1 fully saturated rings. The number of fused-ring (bicyclic) bond motifs is 1. The molecule has 1 atom stereocenters. The predicted octanol–water partition coefficient (Wildman–Crippen LogP) is 4.62.